The predicted octanol–water partition coefficient (Wildman–Crippen LogP) is 3.35. The Morgan fingerprint density at radius 1 is 1.23 bits per heavy atom. The van der Waals surface area contributed by atoms with Gasteiger partial charge in [-0.3, -0.25) is 9.98 Å². The molecule has 3 heterocycles. The van der Waals surface area contributed by atoms with Gasteiger partial charge in [-0.25, -0.2) is 0 Å². The highest BCUT2D eigenvalue weighted by molar-refractivity contribution is 14.0. The van der Waals surface area contributed by atoms with Crippen LogP contribution >= 0.6 is 24.0 Å². The molecule has 1 aromatic heterocycles. The number of nitrogens with zero attached hydrogens (tertiary/aromatic N) is 2. The van der Waals surface area contributed by atoms with E-state index in [2.05, 4.69) is 44.9 Å². The number of rotatable bonds is 4. The Labute approximate surface area is 171 Å². The highest BCUT2D eigenvalue weighted by Gasteiger charge is 2.41. The molecule has 2 aromatic rings. The van der Waals surface area contributed by atoms with Crippen molar-refractivity contribution in [2.24, 2.45) is 4.99 Å². The Hall–Kier alpha value is -1.67. The zero-order chi connectivity index (χ0) is 17.1. The van der Waals surface area contributed by atoms with Gasteiger partial charge in [-0.15, -0.1) is 24.0 Å². The minimum Gasteiger partial charge on any atom is -0.373 e. The fourth-order valence-corrected chi connectivity index (χ4v) is 3.72. The summed E-state index contributed by atoms with van der Waals surface area (Å²) >= 11 is 0. The normalized spacial score (nSPS) is 24.2. The van der Waals surface area contributed by atoms with E-state index >= 15 is 0 Å². The van der Waals surface area contributed by atoms with Crippen LogP contribution in [0.25, 0.3) is 11.3 Å². The van der Waals surface area contributed by atoms with Crippen molar-refractivity contribution in [1.82, 2.24) is 15.6 Å². The standard InChI is InChI=1S/C20H24N4O.HI/c1-21-20(24-18-12-16-8-9-19(18)25-16)23-13-14-5-4-6-15(11-14)17-7-2-3-10-22-17;/h2-7,10-11,16,18-19H,8-9,12-13H2,1H3,(H2,21,23,24);1H. The smallest absolute Gasteiger partial charge is 0.191 e. The Balaban J connectivity index is 0.00000196. The summed E-state index contributed by atoms with van der Waals surface area (Å²) in [5.41, 5.74) is 3.32. The van der Waals surface area contributed by atoms with Gasteiger partial charge in [0.15, 0.2) is 5.96 Å². The molecule has 2 aliphatic heterocycles. The highest BCUT2D eigenvalue weighted by Crippen LogP contribution is 2.34. The number of ether oxygens (including phenoxy) is 1. The van der Waals surface area contributed by atoms with Crippen molar-refractivity contribution in [3.8, 4) is 11.3 Å². The number of aliphatic imine (C=N–C) groups is 1. The molecule has 6 heteroatoms. The van der Waals surface area contributed by atoms with E-state index in [0.29, 0.717) is 18.2 Å². The minimum atomic E-state index is 0. The van der Waals surface area contributed by atoms with E-state index in [4.69, 9.17) is 4.74 Å². The van der Waals surface area contributed by atoms with Gasteiger partial charge in [-0.1, -0.05) is 24.3 Å². The summed E-state index contributed by atoms with van der Waals surface area (Å²) in [6.07, 6.45) is 6.05. The number of benzene rings is 1. The summed E-state index contributed by atoms with van der Waals surface area (Å²) in [5, 5.41) is 6.93. The first-order valence-corrected chi connectivity index (χ1v) is 8.95. The lowest BCUT2D eigenvalue weighted by molar-refractivity contribution is 0.0992. The van der Waals surface area contributed by atoms with Gasteiger partial charge in [0, 0.05) is 25.4 Å². The number of pyridine rings is 1. The molecule has 2 aliphatic rings. The van der Waals surface area contributed by atoms with Crippen LogP contribution in [0.4, 0.5) is 0 Å². The largest absolute Gasteiger partial charge is 0.373 e. The summed E-state index contributed by atoms with van der Waals surface area (Å²) in [5.74, 6) is 0.837. The van der Waals surface area contributed by atoms with Gasteiger partial charge >= 0.3 is 0 Å². The summed E-state index contributed by atoms with van der Waals surface area (Å²) in [7, 11) is 1.81. The molecule has 26 heavy (non-hydrogen) atoms. The van der Waals surface area contributed by atoms with Crippen molar-refractivity contribution in [3.63, 3.8) is 0 Å². The van der Waals surface area contributed by atoms with Crippen molar-refractivity contribution in [2.45, 2.75) is 44.1 Å². The van der Waals surface area contributed by atoms with E-state index in [-0.39, 0.29) is 24.0 Å². The summed E-state index contributed by atoms with van der Waals surface area (Å²) in [4.78, 5) is 8.78. The van der Waals surface area contributed by atoms with Crippen LogP contribution in [0.5, 0.6) is 0 Å². The monoisotopic (exact) mass is 464 g/mol. The predicted molar refractivity (Wildman–Crippen MR) is 115 cm³/mol. The third-order valence-electron chi connectivity index (χ3n) is 5.00. The SMILES string of the molecule is CN=C(NCc1cccc(-c2ccccn2)c1)NC1CC2CCC1O2.I. The molecule has 3 unspecified atom stereocenters. The Morgan fingerprint density at radius 3 is 2.85 bits per heavy atom. The molecule has 2 fully saturated rings. The first-order valence-electron chi connectivity index (χ1n) is 8.95. The van der Waals surface area contributed by atoms with Crippen LogP contribution in [0.15, 0.2) is 53.7 Å². The van der Waals surface area contributed by atoms with Crippen LogP contribution < -0.4 is 10.6 Å². The van der Waals surface area contributed by atoms with Crippen LogP contribution in [0, 0.1) is 0 Å². The van der Waals surface area contributed by atoms with Crippen LogP contribution in [0.1, 0.15) is 24.8 Å². The second-order valence-corrected chi connectivity index (χ2v) is 6.70. The Bertz CT molecular complexity index is 752. The van der Waals surface area contributed by atoms with Crippen LogP contribution in [-0.4, -0.2) is 36.2 Å². The molecule has 3 atom stereocenters. The van der Waals surface area contributed by atoms with E-state index in [0.717, 1.165) is 36.6 Å². The van der Waals surface area contributed by atoms with Crippen molar-refractivity contribution >= 4 is 29.9 Å². The van der Waals surface area contributed by atoms with Gasteiger partial charge in [0.05, 0.1) is 23.9 Å². The molecule has 2 N–H and O–H groups in total. The maximum atomic E-state index is 5.91. The summed E-state index contributed by atoms with van der Waals surface area (Å²) in [6.45, 7) is 0.724. The third-order valence-corrected chi connectivity index (χ3v) is 5.00. The lowest BCUT2D eigenvalue weighted by Crippen LogP contribution is -2.47. The van der Waals surface area contributed by atoms with Crippen molar-refractivity contribution in [3.05, 3.63) is 54.2 Å². The Morgan fingerprint density at radius 2 is 2.15 bits per heavy atom. The molecule has 4 rings (SSSR count). The molecule has 2 saturated heterocycles. The van der Waals surface area contributed by atoms with Crippen LogP contribution in [0.2, 0.25) is 0 Å². The zero-order valence-electron chi connectivity index (χ0n) is 14.9. The van der Waals surface area contributed by atoms with Crippen molar-refractivity contribution < 1.29 is 4.74 Å². The fraction of sp³-hybridized carbons (Fsp3) is 0.400. The van der Waals surface area contributed by atoms with Gasteiger partial charge in [-0.05, 0) is 43.0 Å². The lowest BCUT2D eigenvalue weighted by Gasteiger charge is -2.22. The topological polar surface area (TPSA) is 58.5 Å². The number of fused-ring (bicyclic) bond motifs is 2. The lowest BCUT2D eigenvalue weighted by atomic mass is 9.96. The van der Waals surface area contributed by atoms with E-state index in [1.165, 1.54) is 12.0 Å². The van der Waals surface area contributed by atoms with Gasteiger partial charge in [0.1, 0.15) is 0 Å². The number of nitrogens with one attached hydrogen (secondary N) is 2. The van der Waals surface area contributed by atoms with Crippen molar-refractivity contribution in [1.29, 1.82) is 0 Å². The summed E-state index contributed by atoms with van der Waals surface area (Å²) < 4.78 is 5.91. The van der Waals surface area contributed by atoms with Crippen LogP contribution in [0.3, 0.4) is 0 Å². The van der Waals surface area contributed by atoms with E-state index < -0.39 is 0 Å². The zero-order valence-corrected chi connectivity index (χ0v) is 17.2. The number of hydrogen-bond donors (Lipinski definition) is 2. The summed E-state index contributed by atoms with van der Waals surface area (Å²) in [6, 6.07) is 14.8. The first kappa shape index (κ1) is 19.1. The molecule has 138 valence electrons. The average molecular weight is 464 g/mol. The van der Waals surface area contributed by atoms with Gasteiger partial charge in [0.2, 0.25) is 0 Å². The van der Waals surface area contributed by atoms with E-state index in [9.17, 15) is 0 Å². The highest BCUT2D eigenvalue weighted by atomic mass is 127. The number of halogens is 1. The number of guanidine groups is 1. The maximum absolute atomic E-state index is 5.91. The fourth-order valence-electron chi connectivity index (χ4n) is 3.72. The Kier molecular flexibility index (Phi) is 6.48. The molecule has 0 radical (unpaired) electrons. The minimum absolute atomic E-state index is 0. The molecule has 0 spiro atoms. The first-order chi connectivity index (χ1) is 12.3. The molecule has 1 aromatic carbocycles. The van der Waals surface area contributed by atoms with E-state index in [1.54, 1.807) is 0 Å². The molecule has 0 saturated carbocycles. The second kappa shape index (κ2) is 8.81. The molecule has 0 aliphatic carbocycles. The number of aromatic nitrogens is 1. The molecular weight excluding hydrogens is 439 g/mol. The van der Waals surface area contributed by atoms with Gasteiger partial charge in [0.25, 0.3) is 0 Å². The van der Waals surface area contributed by atoms with E-state index in [1.807, 2.05) is 31.4 Å². The van der Waals surface area contributed by atoms with Crippen LogP contribution in [-0.2, 0) is 11.3 Å². The third kappa shape index (κ3) is 4.35. The molecule has 0 amide bonds. The average Bonchev–Trinajstić information content (AvgIpc) is 3.29. The van der Waals surface area contributed by atoms with Crippen molar-refractivity contribution in [2.75, 3.05) is 7.05 Å². The second-order valence-electron chi connectivity index (χ2n) is 6.70. The van der Waals surface area contributed by atoms with Gasteiger partial charge in [-0.2, -0.15) is 0 Å². The van der Waals surface area contributed by atoms with Gasteiger partial charge < -0.3 is 15.4 Å². The quantitative estimate of drug-likeness (QED) is 0.414. The number of hydrogen-bond acceptors (Lipinski definition) is 3. The molecular formula is C20H25IN4O. The molecule has 2 bridgehead atoms. The maximum Gasteiger partial charge on any atom is 0.191 e. The molecule has 5 nitrogen and oxygen atoms in total.